The van der Waals surface area contributed by atoms with Crippen LogP contribution < -0.4 is 14.8 Å². The lowest BCUT2D eigenvalue weighted by molar-refractivity contribution is 0.0734. The highest BCUT2D eigenvalue weighted by molar-refractivity contribution is 6.05. The highest BCUT2D eigenvalue weighted by Gasteiger charge is 2.21. The van der Waals surface area contributed by atoms with E-state index in [-0.39, 0.29) is 6.10 Å². The van der Waals surface area contributed by atoms with Gasteiger partial charge in [0.25, 0.3) is 0 Å². The van der Waals surface area contributed by atoms with Crippen molar-refractivity contribution in [3.63, 3.8) is 0 Å². The predicted octanol–water partition coefficient (Wildman–Crippen LogP) is 3.96. The SMILES string of the molecule is CCc1oc2ccccc2c1C(=O)Oc1ccc(O[C@H]2CCNC2)cc1. The third-order valence-corrected chi connectivity index (χ3v) is 4.55. The predicted molar refractivity (Wildman–Crippen MR) is 98.9 cm³/mol. The lowest BCUT2D eigenvalue weighted by atomic mass is 10.1. The van der Waals surface area contributed by atoms with Gasteiger partial charge in [0.1, 0.15) is 34.5 Å². The number of benzene rings is 2. The zero-order valence-corrected chi connectivity index (χ0v) is 14.7. The number of hydrogen-bond acceptors (Lipinski definition) is 5. The number of aryl methyl sites for hydroxylation is 1. The molecule has 0 saturated carbocycles. The van der Waals surface area contributed by atoms with Crippen LogP contribution in [0.4, 0.5) is 0 Å². The number of para-hydroxylation sites is 1. The van der Waals surface area contributed by atoms with Crippen LogP contribution in [0.1, 0.15) is 29.5 Å². The number of esters is 1. The lowest BCUT2D eigenvalue weighted by Gasteiger charge is -2.12. The molecule has 1 saturated heterocycles. The van der Waals surface area contributed by atoms with Gasteiger partial charge in [-0.05, 0) is 43.3 Å². The van der Waals surface area contributed by atoms with Crippen molar-refractivity contribution in [1.29, 1.82) is 0 Å². The molecule has 0 amide bonds. The molecule has 134 valence electrons. The van der Waals surface area contributed by atoms with Crippen molar-refractivity contribution in [3.05, 3.63) is 59.9 Å². The van der Waals surface area contributed by atoms with E-state index < -0.39 is 5.97 Å². The summed E-state index contributed by atoms with van der Waals surface area (Å²) in [4.78, 5) is 12.7. The summed E-state index contributed by atoms with van der Waals surface area (Å²) in [5.41, 5.74) is 1.20. The average Bonchev–Trinajstić information content (AvgIpc) is 3.30. The van der Waals surface area contributed by atoms with Crippen LogP contribution in [0.5, 0.6) is 11.5 Å². The van der Waals surface area contributed by atoms with Gasteiger partial charge >= 0.3 is 5.97 Å². The third-order valence-electron chi connectivity index (χ3n) is 4.55. The molecule has 4 rings (SSSR count). The number of carbonyl (C=O) groups excluding carboxylic acids is 1. The molecule has 1 fully saturated rings. The Labute approximate surface area is 151 Å². The minimum Gasteiger partial charge on any atom is -0.489 e. The first-order valence-corrected chi connectivity index (χ1v) is 8.94. The van der Waals surface area contributed by atoms with E-state index in [1.54, 1.807) is 12.1 Å². The van der Waals surface area contributed by atoms with Crippen LogP contribution in [-0.2, 0) is 6.42 Å². The maximum absolute atomic E-state index is 12.7. The van der Waals surface area contributed by atoms with E-state index in [2.05, 4.69) is 5.32 Å². The standard InChI is InChI=1S/C21H21NO4/c1-2-18-20(17-5-3-4-6-19(17)26-18)21(23)25-15-9-7-14(8-10-15)24-16-11-12-22-13-16/h3-10,16,22H,2,11-13H2,1H3/t16-/m0/s1. The molecule has 2 heterocycles. The van der Waals surface area contributed by atoms with Crippen molar-refractivity contribution in [3.8, 4) is 11.5 Å². The molecule has 0 radical (unpaired) electrons. The number of rotatable bonds is 5. The van der Waals surface area contributed by atoms with E-state index in [9.17, 15) is 4.79 Å². The summed E-state index contributed by atoms with van der Waals surface area (Å²) < 4.78 is 17.2. The van der Waals surface area contributed by atoms with Gasteiger partial charge in [0.05, 0.1) is 0 Å². The van der Waals surface area contributed by atoms with Crippen LogP contribution in [0.3, 0.4) is 0 Å². The van der Waals surface area contributed by atoms with Crippen LogP contribution >= 0.6 is 0 Å². The molecular weight excluding hydrogens is 330 g/mol. The maximum atomic E-state index is 12.7. The summed E-state index contributed by atoms with van der Waals surface area (Å²) in [6, 6.07) is 14.7. The topological polar surface area (TPSA) is 60.7 Å². The minimum atomic E-state index is -0.402. The highest BCUT2D eigenvalue weighted by atomic mass is 16.5. The maximum Gasteiger partial charge on any atom is 0.347 e. The minimum absolute atomic E-state index is 0.202. The van der Waals surface area contributed by atoms with Gasteiger partial charge in [-0.3, -0.25) is 0 Å². The third kappa shape index (κ3) is 3.30. The fourth-order valence-electron chi connectivity index (χ4n) is 3.23. The van der Waals surface area contributed by atoms with E-state index in [0.717, 1.165) is 30.6 Å². The van der Waals surface area contributed by atoms with Crippen LogP contribution in [0.2, 0.25) is 0 Å². The monoisotopic (exact) mass is 351 g/mol. The van der Waals surface area contributed by atoms with E-state index in [1.165, 1.54) is 0 Å². The zero-order valence-electron chi connectivity index (χ0n) is 14.7. The van der Waals surface area contributed by atoms with Crippen molar-refractivity contribution in [1.82, 2.24) is 5.32 Å². The summed E-state index contributed by atoms with van der Waals surface area (Å²) in [6.07, 6.45) is 1.83. The van der Waals surface area contributed by atoms with Crippen molar-refractivity contribution < 1.29 is 18.7 Å². The molecule has 0 aliphatic carbocycles. The fraction of sp³-hybridized carbons (Fsp3) is 0.286. The first-order valence-electron chi connectivity index (χ1n) is 8.94. The molecule has 26 heavy (non-hydrogen) atoms. The first kappa shape index (κ1) is 16.7. The number of fused-ring (bicyclic) bond motifs is 1. The highest BCUT2D eigenvalue weighted by Crippen LogP contribution is 2.28. The van der Waals surface area contributed by atoms with Crippen LogP contribution in [0.25, 0.3) is 11.0 Å². The summed E-state index contributed by atoms with van der Waals surface area (Å²) in [6.45, 7) is 3.81. The van der Waals surface area contributed by atoms with Crippen LogP contribution in [0, 0.1) is 0 Å². The van der Waals surface area contributed by atoms with Gasteiger partial charge in [-0.15, -0.1) is 0 Å². The Morgan fingerprint density at radius 1 is 1.15 bits per heavy atom. The molecule has 1 aliphatic rings. The van der Waals surface area contributed by atoms with Gasteiger partial charge < -0.3 is 19.2 Å². The second-order valence-corrected chi connectivity index (χ2v) is 6.34. The van der Waals surface area contributed by atoms with Crippen molar-refractivity contribution in [2.24, 2.45) is 0 Å². The van der Waals surface area contributed by atoms with Crippen LogP contribution in [0.15, 0.2) is 52.9 Å². The molecule has 3 aromatic rings. The quantitative estimate of drug-likeness (QED) is 0.557. The number of carbonyl (C=O) groups is 1. The largest absolute Gasteiger partial charge is 0.489 e. The van der Waals surface area contributed by atoms with Crippen molar-refractivity contribution in [2.45, 2.75) is 25.9 Å². The molecule has 1 aliphatic heterocycles. The number of furan rings is 1. The van der Waals surface area contributed by atoms with Crippen LogP contribution in [-0.4, -0.2) is 25.2 Å². The second-order valence-electron chi connectivity index (χ2n) is 6.34. The summed E-state index contributed by atoms with van der Waals surface area (Å²) in [5.74, 6) is 1.51. The number of nitrogens with one attached hydrogen (secondary N) is 1. The summed E-state index contributed by atoms with van der Waals surface area (Å²) >= 11 is 0. The van der Waals surface area contributed by atoms with E-state index in [1.807, 2.05) is 43.3 Å². The lowest BCUT2D eigenvalue weighted by Crippen LogP contribution is -2.19. The molecule has 5 heteroatoms. The Balaban J connectivity index is 1.51. The van der Waals surface area contributed by atoms with E-state index in [4.69, 9.17) is 13.9 Å². The second kappa shape index (κ2) is 7.22. The zero-order chi connectivity index (χ0) is 17.9. The van der Waals surface area contributed by atoms with Gasteiger partial charge in [0.2, 0.25) is 0 Å². The Bertz CT molecular complexity index is 907. The van der Waals surface area contributed by atoms with Gasteiger partial charge in [-0.25, -0.2) is 4.79 Å². The molecule has 5 nitrogen and oxygen atoms in total. The van der Waals surface area contributed by atoms with E-state index >= 15 is 0 Å². The molecule has 0 unspecified atom stereocenters. The van der Waals surface area contributed by atoms with Crippen molar-refractivity contribution >= 4 is 16.9 Å². The van der Waals surface area contributed by atoms with Gasteiger partial charge in [-0.1, -0.05) is 25.1 Å². The molecule has 1 atom stereocenters. The first-order chi connectivity index (χ1) is 12.7. The summed E-state index contributed by atoms with van der Waals surface area (Å²) in [7, 11) is 0. The Morgan fingerprint density at radius 2 is 1.92 bits per heavy atom. The number of hydrogen-bond donors (Lipinski definition) is 1. The molecule has 2 aromatic carbocycles. The molecule has 0 spiro atoms. The number of ether oxygens (including phenoxy) is 2. The van der Waals surface area contributed by atoms with Gasteiger partial charge in [-0.2, -0.15) is 0 Å². The normalized spacial score (nSPS) is 16.7. The smallest absolute Gasteiger partial charge is 0.347 e. The Hall–Kier alpha value is -2.79. The Morgan fingerprint density at radius 3 is 2.65 bits per heavy atom. The molecular formula is C21H21NO4. The van der Waals surface area contributed by atoms with Gasteiger partial charge in [0.15, 0.2) is 0 Å². The molecule has 1 aromatic heterocycles. The van der Waals surface area contributed by atoms with E-state index in [0.29, 0.717) is 29.1 Å². The molecule has 0 bridgehead atoms. The van der Waals surface area contributed by atoms with Gasteiger partial charge in [0, 0.05) is 18.4 Å². The molecule has 1 N–H and O–H groups in total. The average molecular weight is 351 g/mol. The van der Waals surface area contributed by atoms with Crippen molar-refractivity contribution in [2.75, 3.05) is 13.1 Å². The fourth-order valence-corrected chi connectivity index (χ4v) is 3.23. The summed E-state index contributed by atoms with van der Waals surface area (Å²) in [5, 5.41) is 4.05. The Kier molecular flexibility index (Phi) is 4.63.